The minimum absolute atomic E-state index is 0.0845. The van der Waals surface area contributed by atoms with Crippen LogP contribution in [-0.2, 0) is 4.79 Å². The van der Waals surface area contributed by atoms with Crippen LogP contribution in [0, 0.1) is 0 Å². The van der Waals surface area contributed by atoms with E-state index in [1.54, 1.807) is 14.2 Å². The molecule has 3 aromatic rings. The Morgan fingerprint density at radius 1 is 1.03 bits per heavy atom. The molecule has 158 valence electrons. The fourth-order valence-corrected chi connectivity index (χ4v) is 3.10. The topological polar surface area (TPSA) is 90.9 Å². The summed E-state index contributed by atoms with van der Waals surface area (Å²) in [5, 5.41) is 11.3. The molecule has 0 saturated heterocycles. The molecule has 1 amide bonds. The molecule has 0 aliphatic carbocycles. The van der Waals surface area contributed by atoms with E-state index in [4.69, 9.17) is 13.9 Å². The molecule has 30 heavy (non-hydrogen) atoms. The van der Waals surface area contributed by atoms with Crippen molar-refractivity contribution in [3.63, 3.8) is 0 Å². The largest absolute Gasteiger partial charge is 0.497 e. The van der Waals surface area contributed by atoms with Crippen LogP contribution in [0.3, 0.4) is 0 Å². The van der Waals surface area contributed by atoms with Crippen LogP contribution in [0.25, 0.3) is 11.5 Å². The third-order valence-corrected chi connectivity index (χ3v) is 4.98. The highest BCUT2D eigenvalue weighted by Crippen LogP contribution is 2.22. The van der Waals surface area contributed by atoms with Crippen LogP contribution in [0.1, 0.15) is 25.8 Å². The predicted molar refractivity (Wildman–Crippen MR) is 113 cm³/mol. The molecule has 0 aliphatic heterocycles. The molecule has 0 spiro atoms. The number of benzene rings is 2. The van der Waals surface area contributed by atoms with Crippen molar-refractivity contribution in [1.82, 2.24) is 10.2 Å². The lowest BCUT2D eigenvalue weighted by atomic mass is 10.2. The summed E-state index contributed by atoms with van der Waals surface area (Å²) in [6, 6.07) is 14.5. The zero-order valence-corrected chi connectivity index (χ0v) is 17.6. The molecular weight excluding hydrogens is 384 g/mol. The summed E-state index contributed by atoms with van der Waals surface area (Å²) in [6.07, 6.45) is 0. The molecule has 0 saturated carbocycles. The summed E-state index contributed by atoms with van der Waals surface area (Å²) >= 11 is 0. The number of anilines is 1. The Morgan fingerprint density at radius 3 is 2.20 bits per heavy atom. The fraction of sp³-hybridized carbons (Fsp3) is 0.318. The number of amides is 1. The van der Waals surface area contributed by atoms with Crippen molar-refractivity contribution >= 4 is 11.6 Å². The van der Waals surface area contributed by atoms with Gasteiger partial charge in [0.1, 0.15) is 11.5 Å². The SMILES string of the molecule is CC[NH+](CC(=O)Nc1ccc(OC)cc1)[C@@H](C)c1nnc(-c2ccc(OC)cc2)o1. The van der Waals surface area contributed by atoms with E-state index in [1.165, 1.54) is 0 Å². The van der Waals surface area contributed by atoms with Gasteiger partial charge in [-0.05, 0) is 62.4 Å². The number of methoxy groups -OCH3 is 2. The number of hydrogen-bond acceptors (Lipinski definition) is 6. The quantitative estimate of drug-likeness (QED) is 0.562. The molecule has 0 bridgehead atoms. The van der Waals surface area contributed by atoms with E-state index in [-0.39, 0.29) is 18.5 Å². The first-order valence-electron chi connectivity index (χ1n) is 9.80. The molecular formula is C22H27N4O4+. The lowest BCUT2D eigenvalue weighted by Gasteiger charge is -2.21. The van der Waals surface area contributed by atoms with Crippen LogP contribution in [-0.4, -0.2) is 43.4 Å². The fourth-order valence-electron chi connectivity index (χ4n) is 3.10. The van der Waals surface area contributed by atoms with Gasteiger partial charge >= 0.3 is 0 Å². The second-order valence-corrected chi connectivity index (χ2v) is 6.86. The molecule has 0 radical (unpaired) electrons. The Morgan fingerprint density at radius 2 is 1.63 bits per heavy atom. The van der Waals surface area contributed by atoms with Crippen molar-refractivity contribution in [3.8, 4) is 23.0 Å². The lowest BCUT2D eigenvalue weighted by Crippen LogP contribution is -3.12. The van der Waals surface area contributed by atoms with Crippen molar-refractivity contribution in [2.24, 2.45) is 0 Å². The summed E-state index contributed by atoms with van der Waals surface area (Å²) in [5.74, 6) is 2.36. The van der Waals surface area contributed by atoms with Crippen molar-refractivity contribution in [1.29, 1.82) is 0 Å². The van der Waals surface area contributed by atoms with Gasteiger partial charge in [0.25, 0.3) is 11.8 Å². The first-order valence-corrected chi connectivity index (χ1v) is 9.80. The van der Waals surface area contributed by atoms with Gasteiger partial charge in [0.2, 0.25) is 5.89 Å². The highest BCUT2D eigenvalue weighted by molar-refractivity contribution is 5.91. The van der Waals surface area contributed by atoms with E-state index < -0.39 is 0 Å². The van der Waals surface area contributed by atoms with Gasteiger partial charge in [-0.1, -0.05) is 0 Å². The van der Waals surface area contributed by atoms with E-state index in [1.807, 2.05) is 62.4 Å². The molecule has 0 fully saturated rings. The Labute approximate surface area is 175 Å². The standard InChI is InChI=1S/C22H26N4O4/c1-5-26(14-20(27)23-17-8-12-19(29-4)13-9-17)15(2)21-24-25-22(30-21)16-6-10-18(28-3)11-7-16/h6-13,15H,5,14H2,1-4H3,(H,23,27)/p+1/t15-/m0/s1. The normalized spacial score (nSPS) is 12.8. The molecule has 1 unspecified atom stereocenters. The average Bonchev–Trinajstić information content (AvgIpc) is 3.28. The zero-order chi connectivity index (χ0) is 21.5. The molecule has 2 atom stereocenters. The number of ether oxygens (including phenoxy) is 2. The number of quaternary nitrogens is 1. The van der Waals surface area contributed by atoms with Crippen molar-refractivity contribution in [2.75, 3.05) is 32.6 Å². The molecule has 2 N–H and O–H groups in total. The van der Waals surface area contributed by atoms with Crippen LogP contribution in [0.15, 0.2) is 52.9 Å². The highest BCUT2D eigenvalue weighted by Gasteiger charge is 2.26. The predicted octanol–water partition coefficient (Wildman–Crippen LogP) is 2.36. The number of nitrogens with one attached hydrogen (secondary N) is 2. The van der Waals surface area contributed by atoms with E-state index in [0.717, 1.165) is 34.2 Å². The zero-order valence-electron chi connectivity index (χ0n) is 17.6. The molecule has 8 nitrogen and oxygen atoms in total. The second-order valence-electron chi connectivity index (χ2n) is 6.86. The average molecular weight is 411 g/mol. The molecule has 3 rings (SSSR count). The van der Waals surface area contributed by atoms with E-state index >= 15 is 0 Å². The van der Waals surface area contributed by atoms with Gasteiger partial charge in [0.05, 0.1) is 20.8 Å². The molecule has 8 heteroatoms. The molecule has 1 heterocycles. The molecule has 0 aliphatic rings. The van der Waals surface area contributed by atoms with Crippen LogP contribution in [0.2, 0.25) is 0 Å². The monoisotopic (exact) mass is 411 g/mol. The van der Waals surface area contributed by atoms with Crippen LogP contribution in [0.4, 0.5) is 5.69 Å². The third kappa shape index (κ3) is 5.15. The maximum Gasteiger partial charge on any atom is 0.279 e. The number of rotatable bonds is 9. The third-order valence-electron chi connectivity index (χ3n) is 4.98. The number of likely N-dealkylation sites (N-methyl/N-ethyl adjacent to an activating group) is 1. The summed E-state index contributed by atoms with van der Waals surface area (Å²) in [7, 11) is 3.23. The summed E-state index contributed by atoms with van der Waals surface area (Å²) in [6.45, 7) is 5.01. The van der Waals surface area contributed by atoms with Crippen LogP contribution >= 0.6 is 0 Å². The minimum Gasteiger partial charge on any atom is -0.497 e. The van der Waals surface area contributed by atoms with Crippen LogP contribution < -0.4 is 19.7 Å². The van der Waals surface area contributed by atoms with Gasteiger partial charge in [-0.15, -0.1) is 10.2 Å². The first kappa shape index (κ1) is 21.3. The van der Waals surface area contributed by atoms with Gasteiger partial charge in [-0.25, -0.2) is 0 Å². The summed E-state index contributed by atoms with van der Waals surface area (Å²) in [4.78, 5) is 13.5. The highest BCUT2D eigenvalue weighted by atomic mass is 16.5. The van der Waals surface area contributed by atoms with Crippen molar-refractivity contribution < 1.29 is 23.6 Å². The number of aromatic nitrogens is 2. The van der Waals surface area contributed by atoms with Crippen molar-refractivity contribution in [2.45, 2.75) is 19.9 Å². The smallest absolute Gasteiger partial charge is 0.279 e. The maximum absolute atomic E-state index is 12.5. The Hall–Kier alpha value is -3.39. The summed E-state index contributed by atoms with van der Waals surface area (Å²) in [5.41, 5.74) is 1.54. The molecule has 1 aromatic heterocycles. The van der Waals surface area contributed by atoms with E-state index in [9.17, 15) is 4.79 Å². The maximum atomic E-state index is 12.5. The Balaban J connectivity index is 1.64. The van der Waals surface area contributed by atoms with Gasteiger partial charge in [-0.2, -0.15) is 0 Å². The first-order chi connectivity index (χ1) is 14.5. The van der Waals surface area contributed by atoms with Gasteiger partial charge in [-0.3, -0.25) is 4.79 Å². The number of carbonyl (C=O) groups excluding carboxylic acids is 1. The second kappa shape index (κ2) is 9.89. The van der Waals surface area contributed by atoms with Crippen molar-refractivity contribution in [3.05, 3.63) is 54.4 Å². The Kier molecular flexibility index (Phi) is 7.03. The number of carbonyl (C=O) groups is 1. The van der Waals surface area contributed by atoms with Crippen LogP contribution in [0.5, 0.6) is 11.5 Å². The lowest BCUT2D eigenvalue weighted by molar-refractivity contribution is -0.921. The number of hydrogen-bond donors (Lipinski definition) is 2. The van der Waals surface area contributed by atoms with Gasteiger partial charge < -0.3 is 24.1 Å². The van der Waals surface area contributed by atoms with Gasteiger partial charge in [0.15, 0.2) is 12.6 Å². The summed E-state index contributed by atoms with van der Waals surface area (Å²) < 4.78 is 16.2. The van der Waals surface area contributed by atoms with E-state index in [0.29, 0.717) is 11.8 Å². The molecule has 2 aromatic carbocycles. The number of nitrogens with zero attached hydrogens (tertiary/aromatic N) is 2. The van der Waals surface area contributed by atoms with E-state index in [2.05, 4.69) is 15.5 Å². The minimum atomic E-state index is -0.129. The van der Waals surface area contributed by atoms with Gasteiger partial charge in [0, 0.05) is 11.3 Å². The Bertz CT molecular complexity index is 954.